The molecule has 2 N–H and O–H groups in total. The third kappa shape index (κ3) is 6.03. The molecule has 1 aliphatic carbocycles. The van der Waals surface area contributed by atoms with Crippen LogP contribution in [0.2, 0.25) is 0 Å². The molecule has 32 heavy (non-hydrogen) atoms. The van der Waals surface area contributed by atoms with Gasteiger partial charge in [-0.25, -0.2) is 0 Å². The Morgan fingerprint density at radius 1 is 1.12 bits per heavy atom. The molecular formula is C22H23N5O5. The van der Waals surface area contributed by atoms with Crippen molar-refractivity contribution in [3.8, 4) is 5.75 Å². The number of carbonyl (C=O) groups is 1. The van der Waals surface area contributed by atoms with E-state index < -0.39 is 4.92 Å². The van der Waals surface area contributed by atoms with Gasteiger partial charge in [0.2, 0.25) is 17.6 Å². The number of nitrogens with zero attached hydrogens (tertiary/aromatic N) is 3. The summed E-state index contributed by atoms with van der Waals surface area (Å²) in [7, 11) is 0. The highest BCUT2D eigenvalue weighted by Crippen LogP contribution is 2.38. The molecule has 0 spiro atoms. The number of rotatable bonds is 11. The average Bonchev–Trinajstić information content (AvgIpc) is 3.54. The summed E-state index contributed by atoms with van der Waals surface area (Å²) >= 11 is 0. The van der Waals surface area contributed by atoms with Crippen LogP contribution in [0, 0.1) is 10.1 Å². The number of amides is 1. The zero-order valence-electron chi connectivity index (χ0n) is 17.3. The Hall–Kier alpha value is -3.95. The van der Waals surface area contributed by atoms with E-state index in [1.165, 1.54) is 12.1 Å². The largest absolute Gasteiger partial charge is 0.485 e. The third-order valence-corrected chi connectivity index (χ3v) is 4.90. The Morgan fingerprint density at radius 3 is 2.53 bits per heavy atom. The third-order valence-electron chi connectivity index (χ3n) is 4.90. The van der Waals surface area contributed by atoms with Gasteiger partial charge in [0.05, 0.1) is 4.92 Å². The van der Waals surface area contributed by atoms with Gasteiger partial charge < -0.3 is 19.9 Å². The van der Waals surface area contributed by atoms with Crippen molar-refractivity contribution >= 4 is 23.0 Å². The molecule has 1 aromatic heterocycles. The second-order valence-electron chi connectivity index (χ2n) is 7.52. The van der Waals surface area contributed by atoms with Gasteiger partial charge in [-0.05, 0) is 55.7 Å². The molecule has 10 nitrogen and oxygen atoms in total. The van der Waals surface area contributed by atoms with E-state index in [1.54, 1.807) is 36.4 Å². The summed E-state index contributed by atoms with van der Waals surface area (Å²) in [6.07, 6.45) is 3.18. The van der Waals surface area contributed by atoms with Crippen molar-refractivity contribution in [1.29, 1.82) is 0 Å². The molecule has 3 aromatic rings. The van der Waals surface area contributed by atoms with Gasteiger partial charge in [0.25, 0.3) is 5.69 Å². The topological polar surface area (TPSA) is 132 Å². The van der Waals surface area contributed by atoms with Crippen molar-refractivity contribution in [2.24, 2.45) is 0 Å². The van der Waals surface area contributed by atoms with Gasteiger partial charge in [0.15, 0.2) is 6.61 Å². The SMILES string of the molecule is O=C(CCCNc1ccc([N+](=O)[O-])cc1)Nc1ccc(OCc2noc(C3CC3)n2)cc1. The smallest absolute Gasteiger partial charge is 0.269 e. The van der Waals surface area contributed by atoms with Crippen molar-refractivity contribution in [2.75, 3.05) is 17.2 Å². The minimum atomic E-state index is -0.439. The zero-order chi connectivity index (χ0) is 22.3. The van der Waals surface area contributed by atoms with Crippen molar-refractivity contribution in [2.45, 2.75) is 38.2 Å². The molecule has 10 heteroatoms. The summed E-state index contributed by atoms with van der Waals surface area (Å²) in [5, 5.41) is 20.6. The van der Waals surface area contributed by atoms with E-state index in [-0.39, 0.29) is 18.2 Å². The fraction of sp³-hybridized carbons (Fsp3) is 0.318. The number of ether oxygens (including phenoxy) is 1. The van der Waals surface area contributed by atoms with E-state index in [0.29, 0.717) is 48.5 Å². The van der Waals surface area contributed by atoms with Crippen molar-refractivity contribution in [3.05, 3.63) is 70.4 Å². The number of non-ortho nitro benzene ring substituents is 1. The molecule has 166 valence electrons. The van der Waals surface area contributed by atoms with Crippen LogP contribution in [0.4, 0.5) is 17.1 Å². The van der Waals surface area contributed by atoms with E-state index in [9.17, 15) is 14.9 Å². The normalized spacial score (nSPS) is 12.9. The van der Waals surface area contributed by atoms with Crippen LogP contribution in [0.25, 0.3) is 0 Å². The van der Waals surface area contributed by atoms with Crippen LogP contribution in [-0.4, -0.2) is 27.5 Å². The first-order valence-electron chi connectivity index (χ1n) is 10.4. The monoisotopic (exact) mass is 437 g/mol. The maximum Gasteiger partial charge on any atom is 0.269 e. The minimum Gasteiger partial charge on any atom is -0.485 e. The van der Waals surface area contributed by atoms with Gasteiger partial charge in [-0.3, -0.25) is 14.9 Å². The van der Waals surface area contributed by atoms with Crippen molar-refractivity contribution in [3.63, 3.8) is 0 Å². The molecule has 4 rings (SSSR count). The summed E-state index contributed by atoms with van der Waals surface area (Å²) in [4.78, 5) is 26.7. The van der Waals surface area contributed by atoms with Crippen molar-refractivity contribution in [1.82, 2.24) is 10.1 Å². The molecule has 1 aliphatic rings. The summed E-state index contributed by atoms with van der Waals surface area (Å²) in [5.74, 6) is 2.17. The van der Waals surface area contributed by atoms with Gasteiger partial charge >= 0.3 is 0 Å². The second kappa shape index (κ2) is 9.90. The van der Waals surface area contributed by atoms with Gasteiger partial charge in [-0.1, -0.05) is 5.16 Å². The number of hydrogen-bond donors (Lipinski definition) is 2. The fourth-order valence-electron chi connectivity index (χ4n) is 3.01. The molecule has 0 unspecified atom stereocenters. The van der Waals surface area contributed by atoms with Gasteiger partial charge in [0.1, 0.15) is 5.75 Å². The highest BCUT2D eigenvalue weighted by Gasteiger charge is 2.29. The zero-order valence-corrected chi connectivity index (χ0v) is 17.3. The molecule has 2 aromatic carbocycles. The van der Waals surface area contributed by atoms with Crippen LogP contribution in [0.5, 0.6) is 5.75 Å². The van der Waals surface area contributed by atoms with E-state index in [0.717, 1.165) is 18.5 Å². The molecular weight excluding hydrogens is 414 g/mol. The summed E-state index contributed by atoms with van der Waals surface area (Å²) in [5.41, 5.74) is 1.50. The van der Waals surface area contributed by atoms with E-state index in [2.05, 4.69) is 20.8 Å². The first kappa shape index (κ1) is 21.3. The lowest BCUT2D eigenvalue weighted by molar-refractivity contribution is -0.384. The molecule has 0 radical (unpaired) electrons. The number of hydrogen-bond acceptors (Lipinski definition) is 8. The Labute approximate surface area is 184 Å². The highest BCUT2D eigenvalue weighted by atomic mass is 16.6. The second-order valence-corrected chi connectivity index (χ2v) is 7.52. The number of carbonyl (C=O) groups excluding carboxylic acids is 1. The van der Waals surface area contributed by atoms with Crippen LogP contribution >= 0.6 is 0 Å². The van der Waals surface area contributed by atoms with Gasteiger partial charge in [0, 0.05) is 42.4 Å². The predicted octanol–water partition coefficient (Wildman–Crippen LogP) is 4.27. The fourth-order valence-corrected chi connectivity index (χ4v) is 3.01. The van der Waals surface area contributed by atoms with Gasteiger partial charge in [-0.2, -0.15) is 4.98 Å². The predicted molar refractivity (Wildman–Crippen MR) is 116 cm³/mol. The molecule has 1 saturated carbocycles. The van der Waals surface area contributed by atoms with Crippen LogP contribution in [0.15, 0.2) is 53.1 Å². The number of benzene rings is 2. The van der Waals surface area contributed by atoms with E-state index in [4.69, 9.17) is 9.26 Å². The van der Waals surface area contributed by atoms with Crippen molar-refractivity contribution < 1.29 is 19.0 Å². The Kier molecular flexibility index (Phi) is 6.59. The van der Waals surface area contributed by atoms with Crippen LogP contribution < -0.4 is 15.4 Å². The quantitative estimate of drug-likeness (QED) is 0.258. The number of nitro groups is 1. The number of aromatic nitrogens is 2. The molecule has 1 fully saturated rings. The minimum absolute atomic E-state index is 0.0453. The molecule has 0 aliphatic heterocycles. The number of nitro benzene ring substituents is 1. The summed E-state index contributed by atoms with van der Waals surface area (Å²) < 4.78 is 10.9. The lowest BCUT2D eigenvalue weighted by Crippen LogP contribution is -2.13. The first-order chi connectivity index (χ1) is 15.6. The lowest BCUT2D eigenvalue weighted by Gasteiger charge is -2.08. The Morgan fingerprint density at radius 2 is 1.84 bits per heavy atom. The molecule has 0 saturated heterocycles. The Balaban J connectivity index is 1.14. The molecule has 0 bridgehead atoms. The molecule has 1 amide bonds. The molecule has 1 heterocycles. The summed E-state index contributed by atoms with van der Waals surface area (Å²) in [6, 6.07) is 13.3. The maximum atomic E-state index is 12.1. The van der Waals surface area contributed by atoms with Crippen LogP contribution in [0.3, 0.4) is 0 Å². The lowest BCUT2D eigenvalue weighted by atomic mass is 10.2. The van der Waals surface area contributed by atoms with E-state index >= 15 is 0 Å². The van der Waals surface area contributed by atoms with E-state index in [1.807, 2.05) is 0 Å². The maximum absolute atomic E-state index is 12.1. The van der Waals surface area contributed by atoms with Crippen LogP contribution in [-0.2, 0) is 11.4 Å². The summed E-state index contributed by atoms with van der Waals surface area (Å²) in [6.45, 7) is 0.806. The molecule has 0 atom stereocenters. The standard InChI is InChI=1S/C22H23N5O5/c28-21(2-1-13-23-16-5-9-18(10-6-16)27(29)30)24-17-7-11-19(12-8-17)31-14-20-25-22(32-26-20)15-3-4-15/h5-12,15,23H,1-4,13-14H2,(H,24,28). The highest BCUT2D eigenvalue weighted by molar-refractivity contribution is 5.90. The average molecular weight is 437 g/mol. The van der Waals surface area contributed by atoms with Crippen LogP contribution in [0.1, 0.15) is 43.3 Å². The Bertz CT molecular complexity index is 1060. The number of anilines is 2. The first-order valence-corrected chi connectivity index (χ1v) is 10.4. The van der Waals surface area contributed by atoms with Gasteiger partial charge in [-0.15, -0.1) is 0 Å². The number of nitrogens with one attached hydrogen (secondary N) is 2.